The molecule has 0 N–H and O–H groups in total. The van der Waals surface area contributed by atoms with Crippen molar-refractivity contribution in [1.82, 2.24) is 0 Å². The van der Waals surface area contributed by atoms with Crippen LogP contribution < -0.4 is 0 Å². The Balaban J connectivity index is 2.99. The first-order valence-electron chi connectivity index (χ1n) is 7.31. The lowest BCUT2D eigenvalue weighted by atomic mass is 9.72. The third kappa shape index (κ3) is 4.15. The minimum atomic E-state index is 0.337. The fraction of sp³-hybridized carbons (Fsp3) is 0.667. The Morgan fingerprint density at radius 3 is 1.61 bits per heavy atom. The maximum Gasteiger partial charge on any atom is -0.0111 e. The van der Waals surface area contributed by atoms with E-state index < -0.39 is 0 Å². The summed E-state index contributed by atoms with van der Waals surface area (Å²) < 4.78 is 0. The normalized spacial score (nSPS) is 14.3. The lowest BCUT2D eigenvalue weighted by Gasteiger charge is -2.33. The monoisotopic (exact) mass is 246 g/mol. The quantitative estimate of drug-likeness (QED) is 0.612. The van der Waals surface area contributed by atoms with Gasteiger partial charge in [-0.3, -0.25) is 0 Å². The van der Waals surface area contributed by atoms with E-state index in [2.05, 4.69) is 72.7 Å². The second-order valence-electron chi connectivity index (χ2n) is 7.37. The van der Waals surface area contributed by atoms with Crippen LogP contribution in [0.15, 0.2) is 24.3 Å². The van der Waals surface area contributed by atoms with E-state index in [1.807, 2.05) is 0 Å². The zero-order valence-corrected chi connectivity index (χ0v) is 13.2. The van der Waals surface area contributed by atoms with Gasteiger partial charge in [0.05, 0.1) is 0 Å². The molecule has 1 rings (SSSR count). The topological polar surface area (TPSA) is 0 Å². The first kappa shape index (κ1) is 15.3. The van der Waals surface area contributed by atoms with Gasteiger partial charge in [0.15, 0.2) is 0 Å². The summed E-state index contributed by atoms with van der Waals surface area (Å²) in [5, 5.41) is 0. The van der Waals surface area contributed by atoms with Crippen molar-refractivity contribution in [2.24, 2.45) is 11.3 Å². The van der Waals surface area contributed by atoms with Crippen molar-refractivity contribution in [1.29, 1.82) is 0 Å². The van der Waals surface area contributed by atoms with Crippen molar-refractivity contribution >= 4 is 0 Å². The van der Waals surface area contributed by atoms with Gasteiger partial charge in [-0.2, -0.15) is 0 Å². The summed E-state index contributed by atoms with van der Waals surface area (Å²) in [6, 6.07) is 9.29. The maximum atomic E-state index is 2.36. The van der Waals surface area contributed by atoms with Gasteiger partial charge in [0.2, 0.25) is 0 Å². The van der Waals surface area contributed by atoms with E-state index in [9.17, 15) is 0 Å². The largest absolute Gasteiger partial charge is 0.0628 e. The molecule has 0 spiro atoms. The zero-order valence-electron chi connectivity index (χ0n) is 13.2. The molecule has 0 heterocycles. The first-order chi connectivity index (χ1) is 8.21. The summed E-state index contributed by atoms with van der Waals surface area (Å²) in [6.45, 7) is 16.2. The van der Waals surface area contributed by atoms with Crippen LogP contribution in [0.5, 0.6) is 0 Å². The number of hydrogen-bond acceptors (Lipinski definition) is 0. The first-order valence-corrected chi connectivity index (χ1v) is 7.31. The van der Waals surface area contributed by atoms with Gasteiger partial charge in [-0.05, 0) is 40.7 Å². The number of benzene rings is 1. The molecule has 1 unspecified atom stereocenters. The Bertz CT molecular complexity index is 349. The van der Waals surface area contributed by atoms with Gasteiger partial charge in [0.1, 0.15) is 0 Å². The van der Waals surface area contributed by atoms with E-state index in [0.717, 1.165) is 5.92 Å². The van der Waals surface area contributed by atoms with Crippen LogP contribution in [0.1, 0.15) is 77.8 Å². The van der Waals surface area contributed by atoms with E-state index in [1.165, 1.54) is 17.5 Å². The highest BCUT2D eigenvalue weighted by Gasteiger charge is 2.26. The van der Waals surface area contributed by atoms with Crippen LogP contribution in [0.25, 0.3) is 0 Å². The van der Waals surface area contributed by atoms with Gasteiger partial charge in [-0.15, -0.1) is 0 Å². The van der Waals surface area contributed by atoms with Crippen molar-refractivity contribution in [2.75, 3.05) is 0 Å². The molecule has 0 aromatic heterocycles. The summed E-state index contributed by atoms with van der Waals surface area (Å²) in [7, 11) is 0. The molecule has 0 saturated carbocycles. The molecule has 0 heteroatoms. The van der Waals surface area contributed by atoms with Gasteiger partial charge in [-0.1, -0.05) is 72.7 Å². The summed E-state index contributed by atoms with van der Waals surface area (Å²) in [6.07, 6.45) is 1.27. The molecule has 0 aliphatic rings. The molecule has 0 fully saturated rings. The highest BCUT2D eigenvalue weighted by Crippen LogP contribution is 2.39. The van der Waals surface area contributed by atoms with Crippen molar-refractivity contribution < 1.29 is 0 Å². The highest BCUT2D eigenvalue weighted by atomic mass is 14.3. The number of rotatable bonds is 4. The Morgan fingerprint density at radius 1 is 0.833 bits per heavy atom. The van der Waals surface area contributed by atoms with Crippen molar-refractivity contribution in [3.8, 4) is 0 Å². The molecule has 0 nitrogen and oxygen atoms in total. The maximum absolute atomic E-state index is 2.36. The van der Waals surface area contributed by atoms with Gasteiger partial charge in [0.25, 0.3) is 0 Å². The van der Waals surface area contributed by atoms with E-state index in [4.69, 9.17) is 0 Å². The third-order valence-electron chi connectivity index (χ3n) is 3.76. The standard InChI is InChI=1S/C18H30/c1-13(2)12-17(18(5,6)7)16-10-8-15(9-11-16)14(3)4/h8-11,13-14,17H,12H2,1-7H3. The average Bonchev–Trinajstić information content (AvgIpc) is 2.24. The van der Waals surface area contributed by atoms with E-state index in [0.29, 0.717) is 17.3 Å². The Morgan fingerprint density at radius 2 is 1.28 bits per heavy atom. The van der Waals surface area contributed by atoms with Crippen LogP contribution in [0.2, 0.25) is 0 Å². The van der Waals surface area contributed by atoms with E-state index in [-0.39, 0.29) is 0 Å². The Hall–Kier alpha value is -0.780. The summed E-state index contributed by atoms with van der Waals surface area (Å²) in [5.41, 5.74) is 3.28. The van der Waals surface area contributed by atoms with Crippen LogP contribution in [0, 0.1) is 11.3 Å². The lowest BCUT2D eigenvalue weighted by Crippen LogP contribution is -2.20. The molecular formula is C18H30. The van der Waals surface area contributed by atoms with Gasteiger partial charge >= 0.3 is 0 Å². The SMILES string of the molecule is CC(C)CC(c1ccc(C(C)C)cc1)C(C)(C)C. The molecule has 1 atom stereocenters. The third-order valence-corrected chi connectivity index (χ3v) is 3.76. The Kier molecular flexibility index (Phi) is 5.01. The molecule has 1 aromatic rings. The second kappa shape index (κ2) is 5.91. The Labute approximate surface area is 114 Å². The molecule has 1 aromatic carbocycles. The molecule has 0 saturated heterocycles. The van der Waals surface area contributed by atoms with Crippen LogP contribution in [0.3, 0.4) is 0 Å². The van der Waals surface area contributed by atoms with Crippen molar-refractivity contribution in [2.45, 2.75) is 66.7 Å². The summed E-state index contributed by atoms with van der Waals surface area (Å²) in [4.78, 5) is 0. The van der Waals surface area contributed by atoms with Crippen LogP contribution in [0.4, 0.5) is 0 Å². The van der Waals surface area contributed by atoms with Gasteiger partial charge in [0, 0.05) is 0 Å². The molecule has 18 heavy (non-hydrogen) atoms. The molecular weight excluding hydrogens is 216 g/mol. The van der Waals surface area contributed by atoms with Crippen molar-refractivity contribution in [3.63, 3.8) is 0 Å². The summed E-state index contributed by atoms with van der Waals surface area (Å²) in [5.74, 6) is 2.02. The van der Waals surface area contributed by atoms with Crippen LogP contribution in [-0.2, 0) is 0 Å². The summed E-state index contributed by atoms with van der Waals surface area (Å²) >= 11 is 0. The molecule has 0 aliphatic carbocycles. The minimum Gasteiger partial charge on any atom is -0.0628 e. The van der Waals surface area contributed by atoms with Crippen molar-refractivity contribution in [3.05, 3.63) is 35.4 Å². The molecule has 0 amide bonds. The second-order valence-corrected chi connectivity index (χ2v) is 7.37. The average molecular weight is 246 g/mol. The molecule has 0 bridgehead atoms. The van der Waals surface area contributed by atoms with Gasteiger partial charge in [-0.25, -0.2) is 0 Å². The van der Waals surface area contributed by atoms with Crippen LogP contribution >= 0.6 is 0 Å². The van der Waals surface area contributed by atoms with E-state index >= 15 is 0 Å². The predicted molar refractivity (Wildman–Crippen MR) is 82.2 cm³/mol. The molecule has 102 valence electrons. The highest BCUT2D eigenvalue weighted by molar-refractivity contribution is 5.28. The predicted octanol–water partition coefficient (Wildman–Crippen LogP) is 5.99. The van der Waals surface area contributed by atoms with E-state index in [1.54, 1.807) is 0 Å². The minimum absolute atomic E-state index is 0.337. The zero-order chi connectivity index (χ0) is 13.9. The van der Waals surface area contributed by atoms with Crippen LogP contribution in [-0.4, -0.2) is 0 Å². The molecule has 0 radical (unpaired) electrons. The number of hydrogen-bond donors (Lipinski definition) is 0. The molecule has 0 aliphatic heterocycles. The fourth-order valence-corrected chi connectivity index (χ4v) is 2.57. The van der Waals surface area contributed by atoms with Gasteiger partial charge < -0.3 is 0 Å². The smallest absolute Gasteiger partial charge is 0.0111 e. The lowest BCUT2D eigenvalue weighted by molar-refractivity contribution is 0.280. The fourth-order valence-electron chi connectivity index (χ4n) is 2.57.